The largest absolute Gasteiger partial charge is 0.465 e. The van der Waals surface area contributed by atoms with Crippen molar-refractivity contribution in [3.8, 4) is 10.6 Å². The number of pyridine rings is 1. The summed E-state index contributed by atoms with van der Waals surface area (Å²) < 4.78 is 12.3. The average molecular weight is 586 g/mol. The van der Waals surface area contributed by atoms with Gasteiger partial charge in [-0.2, -0.15) is 0 Å². The van der Waals surface area contributed by atoms with E-state index < -0.39 is 18.5 Å². The minimum absolute atomic E-state index is 0.404. The van der Waals surface area contributed by atoms with Gasteiger partial charge in [0.15, 0.2) is 6.61 Å². The normalized spacial score (nSPS) is 13.7. The van der Waals surface area contributed by atoms with E-state index in [9.17, 15) is 9.59 Å². The molecule has 7 nitrogen and oxygen atoms in total. The van der Waals surface area contributed by atoms with E-state index in [0.29, 0.717) is 28.6 Å². The van der Waals surface area contributed by atoms with Gasteiger partial charge in [0.2, 0.25) is 0 Å². The summed E-state index contributed by atoms with van der Waals surface area (Å²) in [5.41, 5.74) is 7.55. The number of anilines is 1. The SMILES string of the molecule is Cc1ccc2nc(-c3ccc(NC(=O)COC(=O)c4c5c(nc6ccccc46)/C(=C\c4ccco4)CCC5)cc3)sc2c1. The maximum Gasteiger partial charge on any atom is 0.339 e. The predicted molar refractivity (Wildman–Crippen MR) is 170 cm³/mol. The molecule has 0 unspecified atom stereocenters. The van der Waals surface area contributed by atoms with Crippen molar-refractivity contribution in [1.82, 2.24) is 9.97 Å². The highest BCUT2D eigenvalue weighted by Crippen LogP contribution is 2.36. The van der Waals surface area contributed by atoms with E-state index in [1.807, 2.05) is 72.8 Å². The molecule has 0 radical (unpaired) electrons. The predicted octanol–water partition coefficient (Wildman–Crippen LogP) is 8.09. The number of esters is 1. The minimum atomic E-state index is -0.536. The zero-order valence-corrected chi connectivity index (χ0v) is 24.2. The van der Waals surface area contributed by atoms with Gasteiger partial charge in [-0.1, -0.05) is 24.3 Å². The van der Waals surface area contributed by atoms with E-state index in [-0.39, 0.29) is 0 Å². The van der Waals surface area contributed by atoms with Gasteiger partial charge in [-0.25, -0.2) is 14.8 Å². The Bertz CT molecular complexity index is 2020. The molecule has 0 atom stereocenters. The Labute approximate surface area is 251 Å². The molecular formula is C35H27N3O4S. The van der Waals surface area contributed by atoms with Crippen LogP contribution in [0.5, 0.6) is 0 Å². The van der Waals surface area contributed by atoms with Gasteiger partial charge >= 0.3 is 5.97 Å². The van der Waals surface area contributed by atoms with Gasteiger partial charge in [-0.05, 0) is 104 Å². The molecule has 212 valence electrons. The number of aromatic nitrogens is 2. The summed E-state index contributed by atoms with van der Waals surface area (Å²) in [5, 5.41) is 4.46. The quantitative estimate of drug-likeness (QED) is 0.199. The third-order valence-electron chi connectivity index (χ3n) is 7.53. The van der Waals surface area contributed by atoms with Crippen LogP contribution >= 0.6 is 11.3 Å². The Morgan fingerprint density at radius 1 is 0.977 bits per heavy atom. The molecule has 3 heterocycles. The second-order valence-electron chi connectivity index (χ2n) is 10.6. The lowest BCUT2D eigenvalue weighted by Crippen LogP contribution is -2.22. The number of nitrogens with zero attached hydrogens (tertiary/aromatic N) is 2. The number of rotatable bonds is 6. The molecule has 0 aliphatic heterocycles. The summed E-state index contributed by atoms with van der Waals surface area (Å²) in [6, 6.07) is 25.0. The van der Waals surface area contributed by atoms with Crippen molar-refractivity contribution in [1.29, 1.82) is 0 Å². The number of amides is 1. The molecule has 3 aromatic carbocycles. The maximum atomic E-state index is 13.5. The molecule has 1 N–H and O–H groups in total. The number of aryl methyl sites for hydroxylation is 1. The van der Waals surface area contributed by atoms with Gasteiger partial charge < -0.3 is 14.5 Å². The number of carbonyl (C=O) groups is 2. The molecule has 3 aromatic heterocycles. The van der Waals surface area contributed by atoms with Gasteiger partial charge in [-0.3, -0.25) is 4.79 Å². The Morgan fingerprint density at radius 2 is 1.84 bits per heavy atom. The zero-order valence-electron chi connectivity index (χ0n) is 23.4. The van der Waals surface area contributed by atoms with E-state index >= 15 is 0 Å². The molecule has 1 amide bonds. The summed E-state index contributed by atoms with van der Waals surface area (Å²) in [7, 11) is 0. The summed E-state index contributed by atoms with van der Waals surface area (Å²) in [6.07, 6.45) is 6.00. The van der Waals surface area contributed by atoms with Crippen LogP contribution in [0.1, 0.15) is 45.8 Å². The number of nitrogens with one attached hydrogen (secondary N) is 1. The lowest BCUT2D eigenvalue weighted by molar-refractivity contribution is -0.119. The highest BCUT2D eigenvalue weighted by molar-refractivity contribution is 7.21. The maximum absolute atomic E-state index is 13.5. The van der Waals surface area contributed by atoms with Gasteiger partial charge in [0.1, 0.15) is 10.8 Å². The van der Waals surface area contributed by atoms with Crippen molar-refractivity contribution in [3.63, 3.8) is 0 Å². The van der Waals surface area contributed by atoms with E-state index in [4.69, 9.17) is 19.1 Å². The van der Waals surface area contributed by atoms with Crippen molar-refractivity contribution in [2.24, 2.45) is 0 Å². The molecule has 1 aliphatic carbocycles. The molecule has 0 saturated carbocycles. The highest BCUT2D eigenvalue weighted by Gasteiger charge is 2.26. The molecule has 8 heteroatoms. The van der Waals surface area contributed by atoms with Crippen LogP contribution in [0, 0.1) is 6.92 Å². The highest BCUT2D eigenvalue weighted by atomic mass is 32.1. The number of thiazole rings is 1. The smallest absolute Gasteiger partial charge is 0.339 e. The molecule has 7 rings (SSSR count). The van der Waals surface area contributed by atoms with Crippen LogP contribution in [0.15, 0.2) is 89.5 Å². The molecule has 0 bridgehead atoms. The van der Waals surface area contributed by atoms with Crippen LogP contribution in [-0.4, -0.2) is 28.5 Å². The first-order chi connectivity index (χ1) is 21.0. The zero-order chi connectivity index (χ0) is 29.3. The number of ether oxygens (including phenoxy) is 1. The molecule has 0 fully saturated rings. The number of benzene rings is 3. The first-order valence-electron chi connectivity index (χ1n) is 14.1. The molecular weight excluding hydrogens is 558 g/mol. The molecule has 1 aliphatic rings. The molecule has 6 aromatic rings. The number of allylic oxidation sites excluding steroid dienone is 1. The van der Waals surface area contributed by atoms with Crippen LogP contribution in [-0.2, 0) is 16.0 Å². The summed E-state index contributed by atoms with van der Waals surface area (Å²) in [6.45, 7) is 1.66. The van der Waals surface area contributed by atoms with Gasteiger partial charge in [0.25, 0.3) is 5.91 Å². The summed E-state index contributed by atoms with van der Waals surface area (Å²) in [5.74, 6) is -0.213. The van der Waals surface area contributed by atoms with Crippen LogP contribution in [0.3, 0.4) is 0 Å². The molecule has 0 saturated heterocycles. The Kier molecular flexibility index (Phi) is 7.04. The van der Waals surface area contributed by atoms with Crippen LogP contribution in [0.25, 0.3) is 43.3 Å². The van der Waals surface area contributed by atoms with Crippen molar-refractivity contribution < 1.29 is 18.7 Å². The summed E-state index contributed by atoms with van der Waals surface area (Å²) in [4.78, 5) is 36.0. The minimum Gasteiger partial charge on any atom is -0.465 e. The fourth-order valence-corrected chi connectivity index (χ4v) is 6.57. The van der Waals surface area contributed by atoms with E-state index in [1.54, 1.807) is 17.6 Å². The molecule has 43 heavy (non-hydrogen) atoms. The monoisotopic (exact) mass is 585 g/mol. The average Bonchev–Trinajstić information content (AvgIpc) is 3.69. The lowest BCUT2D eigenvalue weighted by Gasteiger charge is -2.22. The number of carbonyl (C=O) groups excluding carboxylic acids is 2. The van der Waals surface area contributed by atoms with Crippen LogP contribution < -0.4 is 5.32 Å². The van der Waals surface area contributed by atoms with Gasteiger partial charge in [0.05, 0.1) is 33.3 Å². The molecule has 0 spiro atoms. The fraction of sp³-hybridized carbons (Fsp3) is 0.143. The topological polar surface area (TPSA) is 94.3 Å². The third kappa shape index (κ3) is 5.45. The Balaban J connectivity index is 1.08. The second-order valence-corrected chi connectivity index (χ2v) is 11.6. The number of furan rings is 1. The number of hydrogen-bond acceptors (Lipinski definition) is 7. The Morgan fingerprint density at radius 3 is 2.67 bits per heavy atom. The van der Waals surface area contributed by atoms with Gasteiger partial charge in [0, 0.05) is 16.6 Å². The number of fused-ring (bicyclic) bond motifs is 3. The number of para-hydroxylation sites is 1. The van der Waals surface area contributed by atoms with Crippen molar-refractivity contribution in [2.45, 2.75) is 26.2 Å². The lowest BCUT2D eigenvalue weighted by atomic mass is 9.86. The number of hydrogen-bond donors (Lipinski definition) is 1. The first kappa shape index (κ1) is 26.8. The van der Waals surface area contributed by atoms with Gasteiger partial charge in [-0.15, -0.1) is 11.3 Å². The third-order valence-corrected chi connectivity index (χ3v) is 8.60. The van der Waals surface area contributed by atoms with E-state index in [2.05, 4.69) is 24.4 Å². The second kappa shape index (κ2) is 11.3. The van der Waals surface area contributed by atoms with Crippen LogP contribution in [0.4, 0.5) is 5.69 Å². The van der Waals surface area contributed by atoms with Crippen molar-refractivity contribution >= 4 is 61.7 Å². The van der Waals surface area contributed by atoms with E-state index in [1.165, 1.54) is 5.56 Å². The van der Waals surface area contributed by atoms with Crippen LogP contribution in [0.2, 0.25) is 0 Å². The standard InChI is InChI=1S/C35H27N3O4S/c1-21-11-16-29-30(18-21)43-34(38-29)22-12-14-24(15-13-22)36-31(39)20-42-35(40)32-26-8-2-3-10-28(26)37-33-23(6-4-9-27(32)33)19-25-7-5-17-41-25/h2-3,5,7-8,10-19H,4,6,9,20H2,1H3,(H,36,39)/b23-19-. The van der Waals surface area contributed by atoms with Crippen molar-refractivity contribution in [3.05, 3.63) is 113 Å². The summed E-state index contributed by atoms with van der Waals surface area (Å²) >= 11 is 1.64. The first-order valence-corrected chi connectivity index (χ1v) is 14.9. The fourth-order valence-electron chi connectivity index (χ4n) is 5.51. The Hall–Kier alpha value is -5.08. The van der Waals surface area contributed by atoms with Crippen molar-refractivity contribution in [2.75, 3.05) is 11.9 Å². The van der Waals surface area contributed by atoms with E-state index in [0.717, 1.165) is 56.2 Å².